The molecule has 1 saturated heterocycles. The topological polar surface area (TPSA) is 53.6 Å². The van der Waals surface area contributed by atoms with E-state index in [-0.39, 0.29) is 5.82 Å². The summed E-state index contributed by atoms with van der Waals surface area (Å²) in [6.45, 7) is 2.06. The van der Waals surface area contributed by atoms with Gasteiger partial charge in [-0.1, -0.05) is 0 Å². The molecule has 3 heterocycles. The molecule has 0 aliphatic carbocycles. The minimum atomic E-state index is -0.328. The normalized spacial score (nSPS) is 16.9. The highest BCUT2D eigenvalue weighted by atomic mass is 19.1. The van der Waals surface area contributed by atoms with Crippen LogP contribution in [0.1, 0.15) is 24.6 Å². The minimum absolute atomic E-state index is 0.328. The van der Waals surface area contributed by atoms with Crippen LogP contribution in [0.5, 0.6) is 0 Å². The summed E-state index contributed by atoms with van der Waals surface area (Å²) in [4.78, 5) is 11.5. The lowest BCUT2D eigenvalue weighted by Gasteiger charge is -2.20. The quantitative estimate of drug-likeness (QED) is 0.853. The molecule has 0 saturated carbocycles. The van der Waals surface area contributed by atoms with Crippen molar-refractivity contribution >= 4 is 0 Å². The molecule has 2 aromatic rings. The van der Waals surface area contributed by atoms with Gasteiger partial charge in [0.2, 0.25) is 0 Å². The molecule has 1 aliphatic heterocycles. The fourth-order valence-corrected chi connectivity index (χ4v) is 2.35. The largest absolute Gasteiger partial charge is 0.342 e. The number of aromatic nitrogens is 3. The van der Waals surface area contributed by atoms with E-state index in [4.69, 9.17) is 0 Å². The Labute approximate surface area is 105 Å². The van der Waals surface area contributed by atoms with E-state index in [0.29, 0.717) is 5.92 Å². The summed E-state index contributed by atoms with van der Waals surface area (Å²) in [6, 6.07) is 1.46. The highest BCUT2D eigenvalue weighted by Gasteiger charge is 2.18. The maximum Gasteiger partial charge on any atom is 0.142 e. The van der Waals surface area contributed by atoms with Gasteiger partial charge in [0.1, 0.15) is 11.6 Å². The van der Waals surface area contributed by atoms with E-state index in [1.54, 1.807) is 12.4 Å². The van der Waals surface area contributed by atoms with Crippen molar-refractivity contribution in [2.24, 2.45) is 0 Å². The second-order valence-corrected chi connectivity index (χ2v) is 4.60. The molecular formula is C13H15FN4. The van der Waals surface area contributed by atoms with E-state index in [1.807, 2.05) is 0 Å². The number of H-pyrrole nitrogens is 1. The van der Waals surface area contributed by atoms with Gasteiger partial charge in [-0.15, -0.1) is 0 Å². The molecule has 0 atom stereocenters. The summed E-state index contributed by atoms with van der Waals surface area (Å²) in [7, 11) is 0. The molecule has 0 amide bonds. The third kappa shape index (κ3) is 2.26. The molecule has 5 heteroatoms. The summed E-state index contributed by atoms with van der Waals surface area (Å²) in [5, 5.41) is 3.33. The van der Waals surface area contributed by atoms with Crippen molar-refractivity contribution in [1.82, 2.24) is 20.3 Å². The number of imidazole rings is 1. The average Bonchev–Trinajstić information content (AvgIpc) is 2.89. The summed E-state index contributed by atoms with van der Waals surface area (Å²) in [5.74, 6) is 1.14. The van der Waals surface area contributed by atoms with Crippen molar-refractivity contribution in [3.05, 3.63) is 36.3 Å². The van der Waals surface area contributed by atoms with Crippen LogP contribution in [0.15, 0.2) is 24.7 Å². The van der Waals surface area contributed by atoms with Gasteiger partial charge >= 0.3 is 0 Å². The standard InChI is InChI=1S/C13H15FN4/c14-11-5-10(6-16-7-11)12-8-17-13(18-12)9-1-3-15-4-2-9/h5-9,15H,1-4H2,(H,17,18). The number of nitrogens with zero attached hydrogens (tertiary/aromatic N) is 2. The van der Waals surface area contributed by atoms with Crippen LogP contribution in [0, 0.1) is 5.82 Å². The molecule has 18 heavy (non-hydrogen) atoms. The highest BCUT2D eigenvalue weighted by molar-refractivity contribution is 5.57. The molecule has 0 radical (unpaired) electrons. The Kier molecular flexibility index (Phi) is 3.06. The van der Waals surface area contributed by atoms with Gasteiger partial charge in [-0.2, -0.15) is 0 Å². The van der Waals surface area contributed by atoms with E-state index < -0.39 is 0 Å². The van der Waals surface area contributed by atoms with Gasteiger partial charge in [0.15, 0.2) is 0 Å². The maximum atomic E-state index is 13.1. The molecule has 0 aromatic carbocycles. The first-order valence-corrected chi connectivity index (χ1v) is 6.19. The zero-order valence-electron chi connectivity index (χ0n) is 9.99. The third-order valence-corrected chi connectivity index (χ3v) is 3.34. The molecule has 0 bridgehead atoms. The molecule has 2 N–H and O–H groups in total. The van der Waals surface area contributed by atoms with Gasteiger partial charge in [-0.05, 0) is 32.0 Å². The predicted octanol–water partition coefficient (Wildman–Crippen LogP) is 2.08. The molecule has 0 unspecified atom stereocenters. The SMILES string of the molecule is Fc1cncc(-c2cnc(C3CCNCC3)[nH]2)c1. The maximum absolute atomic E-state index is 13.1. The highest BCUT2D eigenvalue weighted by Crippen LogP contribution is 2.25. The molecule has 94 valence electrons. The average molecular weight is 246 g/mol. The van der Waals surface area contributed by atoms with E-state index in [0.717, 1.165) is 43.0 Å². The molecule has 0 spiro atoms. The number of nitrogens with one attached hydrogen (secondary N) is 2. The van der Waals surface area contributed by atoms with Gasteiger partial charge < -0.3 is 10.3 Å². The van der Waals surface area contributed by atoms with Crippen LogP contribution >= 0.6 is 0 Å². The lowest BCUT2D eigenvalue weighted by molar-refractivity contribution is 0.447. The van der Waals surface area contributed by atoms with Crippen molar-refractivity contribution < 1.29 is 4.39 Å². The fraction of sp³-hybridized carbons (Fsp3) is 0.385. The van der Waals surface area contributed by atoms with Crippen molar-refractivity contribution in [2.75, 3.05) is 13.1 Å². The summed E-state index contributed by atoms with van der Waals surface area (Å²) < 4.78 is 13.1. The van der Waals surface area contributed by atoms with Crippen molar-refractivity contribution in [1.29, 1.82) is 0 Å². The van der Waals surface area contributed by atoms with Crippen molar-refractivity contribution in [3.63, 3.8) is 0 Å². The summed E-state index contributed by atoms with van der Waals surface area (Å²) >= 11 is 0. The zero-order valence-corrected chi connectivity index (χ0v) is 9.99. The number of hydrogen-bond donors (Lipinski definition) is 2. The van der Waals surface area contributed by atoms with Crippen molar-refractivity contribution in [3.8, 4) is 11.3 Å². The van der Waals surface area contributed by atoms with Gasteiger partial charge in [-0.25, -0.2) is 9.37 Å². The Morgan fingerprint density at radius 2 is 2.00 bits per heavy atom. The minimum Gasteiger partial charge on any atom is -0.342 e. The summed E-state index contributed by atoms with van der Waals surface area (Å²) in [5.41, 5.74) is 1.57. The second-order valence-electron chi connectivity index (χ2n) is 4.60. The van der Waals surface area contributed by atoms with Crippen LogP contribution in [-0.2, 0) is 0 Å². The zero-order chi connectivity index (χ0) is 12.4. The van der Waals surface area contributed by atoms with Crippen LogP contribution in [0.4, 0.5) is 4.39 Å². The lowest BCUT2D eigenvalue weighted by Crippen LogP contribution is -2.27. The van der Waals surface area contributed by atoms with Crippen LogP contribution < -0.4 is 5.32 Å². The van der Waals surface area contributed by atoms with Gasteiger partial charge in [0, 0.05) is 17.7 Å². The van der Waals surface area contributed by atoms with E-state index in [2.05, 4.69) is 20.3 Å². The monoisotopic (exact) mass is 246 g/mol. The van der Waals surface area contributed by atoms with Gasteiger partial charge in [-0.3, -0.25) is 4.98 Å². The molecule has 4 nitrogen and oxygen atoms in total. The third-order valence-electron chi connectivity index (χ3n) is 3.34. The molecular weight excluding hydrogens is 231 g/mol. The Hall–Kier alpha value is -1.75. The number of aromatic amines is 1. The molecule has 1 aliphatic rings. The summed E-state index contributed by atoms with van der Waals surface area (Å²) in [6.07, 6.45) is 6.78. The van der Waals surface area contributed by atoms with Crippen LogP contribution in [0.25, 0.3) is 11.3 Å². The number of halogens is 1. The number of rotatable bonds is 2. The Morgan fingerprint density at radius 3 is 2.78 bits per heavy atom. The molecule has 3 rings (SSSR count). The Morgan fingerprint density at radius 1 is 1.17 bits per heavy atom. The van der Waals surface area contributed by atoms with Crippen LogP contribution in [-0.4, -0.2) is 28.0 Å². The molecule has 2 aromatic heterocycles. The Bertz CT molecular complexity index is 531. The van der Waals surface area contributed by atoms with Crippen molar-refractivity contribution in [2.45, 2.75) is 18.8 Å². The van der Waals surface area contributed by atoms with Crippen LogP contribution in [0.2, 0.25) is 0 Å². The van der Waals surface area contributed by atoms with E-state index >= 15 is 0 Å². The smallest absolute Gasteiger partial charge is 0.142 e. The van der Waals surface area contributed by atoms with Gasteiger partial charge in [0.25, 0.3) is 0 Å². The fourth-order valence-electron chi connectivity index (χ4n) is 2.35. The van der Waals surface area contributed by atoms with Crippen LogP contribution in [0.3, 0.4) is 0 Å². The van der Waals surface area contributed by atoms with Gasteiger partial charge in [0.05, 0.1) is 18.1 Å². The number of hydrogen-bond acceptors (Lipinski definition) is 3. The Balaban J connectivity index is 1.84. The first-order valence-electron chi connectivity index (χ1n) is 6.19. The predicted molar refractivity (Wildman–Crippen MR) is 66.6 cm³/mol. The lowest BCUT2D eigenvalue weighted by atomic mass is 9.98. The first kappa shape index (κ1) is 11.3. The first-order chi connectivity index (χ1) is 8.83. The van der Waals surface area contributed by atoms with E-state index in [1.165, 1.54) is 12.3 Å². The second kappa shape index (κ2) is 4.86. The van der Waals surface area contributed by atoms with E-state index in [9.17, 15) is 4.39 Å². The number of pyridine rings is 1. The number of piperidine rings is 1. The molecule has 1 fully saturated rings.